The summed E-state index contributed by atoms with van der Waals surface area (Å²) in [4.78, 5) is 31.4. The Bertz CT molecular complexity index is 728. The Hall–Kier alpha value is -2.19. The highest BCUT2D eigenvalue weighted by Crippen LogP contribution is 2.37. The van der Waals surface area contributed by atoms with Crippen LogP contribution >= 0.6 is 11.3 Å². The van der Waals surface area contributed by atoms with Crippen molar-refractivity contribution in [2.75, 3.05) is 20.3 Å². The molecule has 2 atom stereocenters. The van der Waals surface area contributed by atoms with Gasteiger partial charge in [0, 0.05) is 46.1 Å². The van der Waals surface area contributed by atoms with Crippen LogP contribution in [0.5, 0.6) is 0 Å². The molecule has 1 aliphatic rings. The molecule has 0 unspecified atom stereocenters. The quantitative estimate of drug-likeness (QED) is 0.806. The Kier molecular flexibility index (Phi) is 5.50. The largest absolute Gasteiger partial charge is 0.383 e. The van der Waals surface area contributed by atoms with Crippen LogP contribution in [0.1, 0.15) is 23.9 Å². The number of rotatable bonds is 7. The standard InChI is InChI=1S/C17H22N4O3S/c1-20-5-4-18-16(20)15-13(9-14(22)21(15)6-7-24-2)17(23)19-10-12-3-8-25-11-12/h3-5,8,11,13,15H,6-7,9-10H2,1-2H3,(H,19,23)/t13-,15-/m0/s1. The minimum absolute atomic E-state index is 0.0410. The lowest BCUT2D eigenvalue weighted by Gasteiger charge is -2.27. The Labute approximate surface area is 150 Å². The number of aromatic nitrogens is 2. The molecule has 0 saturated carbocycles. The van der Waals surface area contributed by atoms with Crippen LogP contribution in [0.15, 0.2) is 29.2 Å². The molecule has 2 aromatic rings. The molecule has 1 fully saturated rings. The summed E-state index contributed by atoms with van der Waals surface area (Å²) in [7, 11) is 3.47. The number of thiophene rings is 1. The minimum Gasteiger partial charge on any atom is -0.383 e. The van der Waals surface area contributed by atoms with Gasteiger partial charge in [-0.05, 0) is 22.4 Å². The number of nitrogens with zero attached hydrogens (tertiary/aromatic N) is 3. The number of methoxy groups -OCH3 is 1. The van der Waals surface area contributed by atoms with Crippen LogP contribution < -0.4 is 5.32 Å². The SMILES string of the molecule is COCCN1C(=O)C[C@H](C(=O)NCc2ccsc2)[C@H]1c1nccn1C. The van der Waals surface area contributed by atoms with E-state index >= 15 is 0 Å². The Morgan fingerprint density at radius 3 is 3.00 bits per heavy atom. The number of imidazole rings is 1. The van der Waals surface area contributed by atoms with Crippen molar-refractivity contribution in [1.29, 1.82) is 0 Å². The maximum absolute atomic E-state index is 12.8. The molecule has 25 heavy (non-hydrogen) atoms. The summed E-state index contributed by atoms with van der Waals surface area (Å²) in [6.45, 7) is 1.34. The van der Waals surface area contributed by atoms with E-state index in [4.69, 9.17) is 4.74 Å². The molecule has 0 spiro atoms. The van der Waals surface area contributed by atoms with E-state index in [-0.39, 0.29) is 24.3 Å². The molecular weight excluding hydrogens is 340 g/mol. The fourth-order valence-electron chi connectivity index (χ4n) is 3.17. The van der Waals surface area contributed by atoms with Crippen LogP contribution in [0.3, 0.4) is 0 Å². The smallest absolute Gasteiger partial charge is 0.226 e. The van der Waals surface area contributed by atoms with Gasteiger partial charge < -0.3 is 19.5 Å². The van der Waals surface area contributed by atoms with E-state index in [1.807, 2.05) is 34.6 Å². The summed E-state index contributed by atoms with van der Waals surface area (Å²) in [5, 5.41) is 6.93. The topological polar surface area (TPSA) is 76.5 Å². The van der Waals surface area contributed by atoms with Gasteiger partial charge in [0.15, 0.2) is 0 Å². The summed E-state index contributed by atoms with van der Waals surface area (Å²) in [5.41, 5.74) is 1.06. The molecule has 1 saturated heterocycles. The highest BCUT2D eigenvalue weighted by molar-refractivity contribution is 7.07. The van der Waals surface area contributed by atoms with E-state index in [0.29, 0.717) is 19.7 Å². The maximum Gasteiger partial charge on any atom is 0.226 e. The van der Waals surface area contributed by atoms with Crippen molar-refractivity contribution in [1.82, 2.24) is 19.8 Å². The first-order valence-electron chi connectivity index (χ1n) is 8.16. The fourth-order valence-corrected chi connectivity index (χ4v) is 3.84. The second kappa shape index (κ2) is 7.79. The van der Waals surface area contributed by atoms with E-state index in [9.17, 15) is 9.59 Å². The molecule has 7 nitrogen and oxygen atoms in total. The van der Waals surface area contributed by atoms with Gasteiger partial charge in [-0.2, -0.15) is 11.3 Å². The molecule has 8 heteroatoms. The first-order valence-corrected chi connectivity index (χ1v) is 9.10. The van der Waals surface area contributed by atoms with Crippen molar-refractivity contribution in [2.24, 2.45) is 13.0 Å². The van der Waals surface area contributed by atoms with Crippen LogP contribution in [0.2, 0.25) is 0 Å². The molecule has 1 N–H and O–H groups in total. The van der Waals surface area contributed by atoms with Gasteiger partial charge in [-0.15, -0.1) is 0 Å². The van der Waals surface area contributed by atoms with Gasteiger partial charge in [0.25, 0.3) is 0 Å². The highest BCUT2D eigenvalue weighted by Gasteiger charge is 2.46. The van der Waals surface area contributed by atoms with E-state index < -0.39 is 5.92 Å². The number of amides is 2. The van der Waals surface area contributed by atoms with Gasteiger partial charge >= 0.3 is 0 Å². The zero-order valence-electron chi connectivity index (χ0n) is 14.3. The number of hydrogen-bond donors (Lipinski definition) is 1. The normalized spacial score (nSPS) is 20.2. The third-order valence-electron chi connectivity index (χ3n) is 4.47. The second-order valence-corrected chi connectivity index (χ2v) is 6.86. The molecule has 3 rings (SSSR count). The van der Waals surface area contributed by atoms with E-state index in [1.54, 1.807) is 29.5 Å². The number of nitrogens with one attached hydrogen (secondary N) is 1. The lowest BCUT2D eigenvalue weighted by molar-refractivity contribution is -0.129. The minimum atomic E-state index is -0.455. The van der Waals surface area contributed by atoms with Gasteiger partial charge in [0.05, 0.1) is 12.5 Å². The summed E-state index contributed by atoms with van der Waals surface area (Å²) >= 11 is 1.59. The van der Waals surface area contributed by atoms with Gasteiger partial charge in [-0.25, -0.2) is 4.98 Å². The molecule has 3 heterocycles. The Morgan fingerprint density at radius 1 is 1.52 bits per heavy atom. The second-order valence-electron chi connectivity index (χ2n) is 6.08. The van der Waals surface area contributed by atoms with E-state index in [1.165, 1.54) is 0 Å². The number of carbonyl (C=O) groups excluding carboxylic acids is 2. The summed E-state index contributed by atoms with van der Waals surface area (Å²) in [6.07, 6.45) is 3.70. The molecule has 1 aliphatic heterocycles. The van der Waals surface area contributed by atoms with E-state index in [0.717, 1.165) is 11.4 Å². The zero-order chi connectivity index (χ0) is 17.8. The Morgan fingerprint density at radius 2 is 2.36 bits per heavy atom. The monoisotopic (exact) mass is 362 g/mol. The number of aryl methyl sites for hydroxylation is 1. The average molecular weight is 362 g/mol. The lowest BCUT2D eigenvalue weighted by Crippen LogP contribution is -2.37. The fraction of sp³-hybridized carbons (Fsp3) is 0.471. The number of hydrogen-bond acceptors (Lipinski definition) is 5. The van der Waals surface area contributed by atoms with Crippen molar-refractivity contribution >= 4 is 23.2 Å². The summed E-state index contributed by atoms with van der Waals surface area (Å²) in [5.74, 6) is 0.106. The van der Waals surface area contributed by atoms with Crippen LogP contribution in [-0.4, -0.2) is 46.5 Å². The molecule has 0 radical (unpaired) electrons. The Balaban J connectivity index is 1.79. The van der Waals surface area contributed by atoms with Crippen molar-refractivity contribution in [3.05, 3.63) is 40.6 Å². The van der Waals surface area contributed by atoms with Gasteiger partial charge in [-0.1, -0.05) is 0 Å². The van der Waals surface area contributed by atoms with Gasteiger partial charge in [0.1, 0.15) is 11.9 Å². The van der Waals surface area contributed by atoms with Crippen molar-refractivity contribution in [3.63, 3.8) is 0 Å². The number of likely N-dealkylation sites (tertiary alicyclic amines) is 1. The highest BCUT2D eigenvalue weighted by atomic mass is 32.1. The molecule has 0 aliphatic carbocycles. The van der Waals surface area contributed by atoms with Crippen molar-refractivity contribution in [3.8, 4) is 0 Å². The molecule has 0 aromatic carbocycles. The third-order valence-corrected chi connectivity index (χ3v) is 5.21. The molecule has 134 valence electrons. The predicted octanol–water partition coefficient (Wildman–Crippen LogP) is 1.33. The van der Waals surface area contributed by atoms with Crippen LogP contribution in [-0.2, 0) is 27.9 Å². The first-order chi connectivity index (χ1) is 12.1. The van der Waals surface area contributed by atoms with Crippen LogP contribution in [0.4, 0.5) is 0 Å². The summed E-state index contributed by atoms with van der Waals surface area (Å²) in [6, 6.07) is 1.61. The number of ether oxygens (including phenoxy) is 1. The molecule has 2 aromatic heterocycles. The maximum atomic E-state index is 12.8. The number of carbonyl (C=O) groups is 2. The summed E-state index contributed by atoms with van der Waals surface area (Å²) < 4.78 is 6.98. The predicted molar refractivity (Wildman–Crippen MR) is 93.8 cm³/mol. The third kappa shape index (κ3) is 3.74. The van der Waals surface area contributed by atoms with Crippen LogP contribution in [0.25, 0.3) is 0 Å². The van der Waals surface area contributed by atoms with Gasteiger partial charge in [0.2, 0.25) is 11.8 Å². The lowest BCUT2D eigenvalue weighted by atomic mass is 9.98. The van der Waals surface area contributed by atoms with Crippen molar-refractivity contribution < 1.29 is 14.3 Å². The van der Waals surface area contributed by atoms with E-state index in [2.05, 4.69) is 10.3 Å². The van der Waals surface area contributed by atoms with Gasteiger partial charge in [-0.3, -0.25) is 9.59 Å². The molecule has 2 amide bonds. The first kappa shape index (κ1) is 17.6. The average Bonchev–Trinajstić information content (AvgIpc) is 3.31. The molecule has 0 bridgehead atoms. The van der Waals surface area contributed by atoms with Crippen molar-refractivity contribution in [2.45, 2.75) is 19.0 Å². The molecular formula is C17H22N4O3S. The van der Waals surface area contributed by atoms with Crippen LogP contribution in [0, 0.1) is 5.92 Å². The zero-order valence-corrected chi connectivity index (χ0v) is 15.2.